The van der Waals surface area contributed by atoms with Crippen molar-refractivity contribution in [1.82, 2.24) is 30.0 Å². The lowest BCUT2D eigenvalue weighted by Gasteiger charge is -2.30. The molecule has 20 heavy (non-hydrogen) atoms. The number of aromatic nitrogens is 6. The molecule has 0 aliphatic heterocycles. The molecule has 7 nitrogen and oxygen atoms in total. The van der Waals surface area contributed by atoms with Gasteiger partial charge in [0.2, 0.25) is 5.95 Å². The fourth-order valence-corrected chi connectivity index (χ4v) is 2.75. The van der Waals surface area contributed by atoms with Gasteiger partial charge in [-0.1, -0.05) is 11.5 Å². The molecule has 2 heterocycles. The van der Waals surface area contributed by atoms with E-state index in [4.69, 9.17) is 0 Å². The van der Waals surface area contributed by atoms with Gasteiger partial charge in [0.25, 0.3) is 0 Å². The van der Waals surface area contributed by atoms with E-state index in [-0.39, 0.29) is 0 Å². The second kappa shape index (κ2) is 5.90. The summed E-state index contributed by atoms with van der Waals surface area (Å²) in [5.41, 5.74) is 0. The molecular formula is C12H18BrN7. The van der Waals surface area contributed by atoms with Crippen molar-refractivity contribution < 1.29 is 0 Å². The Labute approximate surface area is 126 Å². The average Bonchev–Trinajstić information content (AvgIpc) is 2.99. The van der Waals surface area contributed by atoms with Crippen molar-refractivity contribution in [2.75, 3.05) is 18.5 Å². The highest BCUT2D eigenvalue weighted by molar-refractivity contribution is 9.10. The van der Waals surface area contributed by atoms with Crippen LogP contribution in [-0.4, -0.2) is 43.6 Å². The lowest BCUT2D eigenvalue weighted by Crippen LogP contribution is -2.31. The zero-order chi connectivity index (χ0) is 13.9. The van der Waals surface area contributed by atoms with Crippen molar-refractivity contribution in [2.45, 2.75) is 32.4 Å². The van der Waals surface area contributed by atoms with Crippen LogP contribution in [0.4, 0.5) is 5.95 Å². The van der Waals surface area contributed by atoms with E-state index in [0.717, 1.165) is 29.4 Å². The molecule has 0 amide bonds. The lowest BCUT2D eigenvalue weighted by molar-refractivity contribution is 0.319. The predicted molar refractivity (Wildman–Crippen MR) is 78.4 cm³/mol. The molecule has 0 saturated heterocycles. The first-order chi connectivity index (χ1) is 9.72. The molecule has 0 N–H and O–H groups in total. The normalized spacial score (nSPS) is 15.3. The van der Waals surface area contributed by atoms with E-state index >= 15 is 0 Å². The molecule has 3 rings (SSSR count). The molecule has 2 aromatic heterocycles. The molecular weight excluding hydrogens is 322 g/mol. The third-order valence-electron chi connectivity index (χ3n) is 3.75. The molecule has 0 spiro atoms. The predicted octanol–water partition coefficient (Wildman–Crippen LogP) is 1.57. The fraction of sp³-hybridized carbons (Fsp3) is 0.667. The van der Waals surface area contributed by atoms with Crippen molar-refractivity contribution in [3.05, 3.63) is 16.9 Å². The first-order valence-electron chi connectivity index (χ1n) is 6.87. The Morgan fingerprint density at radius 3 is 2.90 bits per heavy atom. The number of aryl methyl sites for hydroxylation is 2. The Morgan fingerprint density at radius 2 is 2.25 bits per heavy atom. The van der Waals surface area contributed by atoms with Gasteiger partial charge >= 0.3 is 0 Å². The minimum Gasteiger partial charge on any atom is -0.342 e. The maximum absolute atomic E-state index is 4.23. The summed E-state index contributed by atoms with van der Waals surface area (Å²) in [7, 11) is 2.06. The summed E-state index contributed by atoms with van der Waals surface area (Å²) in [4.78, 5) is 2.16. The fourth-order valence-electron chi connectivity index (χ4n) is 2.42. The first-order valence-corrected chi connectivity index (χ1v) is 7.67. The van der Waals surface area contributed by atoms with E-state index < -0.39 is 0 Å². The maximum Gasteiger partial charge on any atom is 0.245 e. The van der Waals surface area contributed by atoms with E-state index in [1.807, 2.05) is 15.6 Å². The van der Waals surface area contributed by atoms with Gasteiger partial charge < -0.3 is 4.90 Å². The highest BCUT2D eigenvalue weighted by atomic mass is 79.9. The molecule has 1 aliphatic carbocycles. The van der Waals surface area contributed by atoms with Crippen LogP contribution in [0, 0.1) is 5.92 Å². The smallest absolute Gasteiger partial charge is 0.245 e. The number of nitrogens with zero attached hydrogens (tertiary/aromatic N) is 7. The molecule has 0 aromatic carbocycles. The third-order valence-corrected chi connectivity index (χ3v) is 4.16. The lowest BCUT2D eigenvalue weighted by atomic mass is 9.85. The molecule has 8 heteroatoms. The molecule has 0 radical (unpaired) electrons. The van der Waals surface area contributed by atoms with Gasteiger partial charge in [-0.25, -0.2) is 4.68 Å². The number of hydrogen-bond donors (Lipinski definition) is 0. The van der Waals surface area contributed by atoms with Crippen LogP contribution in [0.2, 0.25) is 0 Å². The minimum absolute atomic E-state index is 0.714. The van der Waals surface area contributed by atoms with Crippen LogP contribution in [0.15, 0.2) is 16.9 Å². The molecule has 0 unspecified atom stereocenters. The molecule has 2 aromatic rings. The van der Waals surface area contributed by atoms with Gasteiger partial charge in [-0.05, 0) is 45.1 Å². The molecule has 1 saturated carbocycles. The largest absolute Gasteiger partial charge is 0.342 e. The van der Waals surface area contributed by atoms with Crippen molar-refractivity contribution in [3.8, 4) is 0 Å². The van der Waals surface area contributed by atoms with Crippen molar-refractivity contribution in [3.63, 3.8) is 0 Å². The summed E-state index contributed by atoms with van der Waals surface area (Å²) in [5, 5.41) is 16.2. The molecule has 1 aliphatic rings. The highest BCUT2D eigenvalue weighted by Gasteiger charge is 2.21. The number of hydrogen-bond acceptors (Lipinski definition) is 5. The quantitative estimate of drug-likeness (QED) is 0.799. The van der Waals surface area contributed by atoms with E-state index in [9.17, 15) is 0 Å². The van der Waals surface area contributed by atoms with Gasteiger partial charge in [-0.3, -0.25) is 4.68 Å². The van der Waals surface area contributed by atoms with Gasteiger partial charge in [0, 0.05) is 19.8 Å². The summed E-state index contributed by atoms with van der Waals surface area (Å²) in [6.07, 6.45) is 7.74. The second-order valence-corrected chi connectivity index (χ2v) is 6.22. The average molecular weight is 340 g/mol. The first kappa shape index (κ1) is 13.5. The summed E-state index contributed by atoms with van der Waals surface area (Å²) in [6, 6.07) is 0. The van der Waals surface area contributed by atoms with Gasteiger partial charge in [-0.15, -0.1) is 0 Å². The van der Waals surface area contributed by atoms with Gasteiger partial charge in [0.1, 0.15) is 0 Å². The van der Waals surface area contributed by atoms with E-state index in [0.29, 0.717) is 6.54 Å². The molecule has 108 valence electrons. The van der Waals surface area contributed by atoms with E-state index in [1.54, 1.807) is 6.20 Å². The summed E-state index contributed by atoms with van der Waals surface area (Å²) in [5.74, 6) is 1.63. The van der Waals surface area contributed by atoms with Crippen LogP contribution >= 0.6 is 15.9 Å². The summed E-state index contributed by atoms with van der Waals surface area (Å²) < 4.78 is 4.70. The summed E-state index contributed by atoms with van der Waals surface area (Å²) in [6.45, 7) is 2.50. The number of tetrazole rings is 1. The minimum atomic E-state index is 0.714. The Bertz CT molecular complexity index is 560. The summed E-state index contributed by atoms with van der Waals surface area (Å²) >= 11 is 3.39. The third kappa shape index (κ3) is 3.00. The molecule has 1 fully saturated rings. The number of anilines is 1. The zero-order valence-electron chi connectivity index (χ0n) is 11.5. The topological polar surface area (TPSA) is 64.7 Å². The monoisotopic (exact) mass is 339 g/mol. The highest BCUT2D eigenvalue weighted by Crippen LogP contribution is 2.27. The van der Waals surface area contributed by atoms with Crippen LogP contribution in [-0.2, 0) is 13.1 Å². The van der Waals surface area contributed by atoms with Crippen LogP contribution in [0.1, 0.15) is 19.3 Å². The van der Waals surface area contributed by atoms with E-state index in [2.05, 4.69) is 48.5 Å². The second-order valence-electron chi connectivity index (χ2n) is 5.30. The van der Waals surface area contributed by atoms with Crippen LogP contribution < -0.4 is 4.90 Å². The van der Waals surface area contributed by atoms with Crippen molar-refractivity contribution in [1.29, 1.82) is 0 Å². The zero-order valence-corrected chi connectivity index (χ0v) is 13.1. The van der Waals surface area contributed by atoms with Gasteiger partial charge in [0.05, 0.1) is 23.8 Å². The van der Waals surface area contributed by atoms with Crippen LogP contribution in [0.5, 0.6) is 0 Å². The van der Waals surface area contributed by atoms with Gasteiger partial charge in [-0.2, -0.15) is 5.10 Å². The standard InChI is InChI=1S/C12H18BrN7/c1-18(8-10-3-2-4-10)12-15-16-17-20(12)6-5-19-9-11(13)7-14-19/h7,9-10H,2-6,8H2,1H3. The number of halogens is 1. The SMILES string of the molecule is CN(CC1CCC1)c1nnnn1CCn1cc(Br)cn1. The van der Waals surface area contributed by atoms with Crippen LogP contribution in [0.25, 0.3) is 0 Å². The van der Waals surface area contributed by atoms with Crippen LogP contribution in [0.3, 0.4) is 0 Å². The number of rotatable bonds is 6. The van der Waals surface area contributed by atoms with Gasteiger partial charge in [0.15, 0.2) is 0 Å². The Kier molecular flexibility index (Phi) is 4.00. The Morgan fingerprint density at radius 1 is 1.40 bits per heavy atom. The molecule has 0 bridgehead atoms. The van der Waals surface area contributed by atoms with Crippen molar-refractivity contribution >= 4 is 21.9 Å². The maximum atomic E-state index is 4.23. The van der Waals surface area contributed by atoms with E-state index in [1.165, 1.54) is 19.3 Å². The Hall–Kier alpha value is -1.44. The van der Waals surface area contributed by atoms with Crippen molar-refractivity contribution in [2.24, 2.45) is 5.92 Å². The Balaban J connectivity index is 1.60. The molecule has 0 atom stereocenters.